The summed E-state index contributed by atoms with van der Waals surface area (Å²) in [5.74, 6) is 0. The largest absolute Gasteiger partial charge is 0.456 e. The highest BCUT2D eigenvalue weighted by Gasteiger charge is 2.52. The van der Waals surface area contributed by atoms with Gasteiger partial charge < -0.3 is 24.0 Å². The third-order valence-corrected chi connectivity index (χ3v) is 28.1. The normalized spacial score (nSPS) is 13.3. The van der Waals surface area contributed by atoms with Crippen LogP contribution in [-0.2, 0) is 5.41 Å². The molecular weight excluding hydrogens is 1410 g/mol. The van der Waals surface area contributed by atoms with Crippen LogP contribution in [0.25, 0.3) is 110 Å². The third-order valence-electron chi connectivity index (χ3n) is 24.6. The second-order valence-corrected chi connectivity index (χ2v) is 35.4. The van der Waals surface area contributed by atoms with E-state index in [0.717, 1.165) is 128 Å². The quantitative estimate of drug-likeness (QED) is 0.0892. The molecule has 540 valence electrons. The molecule has 3 aliphatic rings. The first-order valence-electron chi connectivity index (χ1n) is 39.6. The van der Waals surface area contributed by atoms with Gasteiger partial charge >= 0.3 is 0 Å². The van der Waals surface area contributed by atoms with Crippen LogP contribution in [0.1, 0.15) is 22.3 Å². The van der Waals surface area contributed by atoms with Gasteiger partial charge in [0.15, 0.2) is 0 Å². The second kappa shape index (κ2) is 25.9. The minimum atomic E-state index is -2.93. The molecule has 0 unspecified atom stereocenters. The Hall–Kier alpha value is -14.7. The molecule has 4 heterocycles. The molecule has 0 atom stereocenters. The summed E-state index contributed by atoms with van der Waals surface area (Å²) in [6.45, 7) is 5.17. The van der Waals surface area contributed by atoms with Crippen molar-refractivity contribution in [3.63, 3.8) is 0 Å². The highest BCUT2D eigenvalue weighted by molar-refractivity contribution is 7.06. The Morgan fingerprint density at radius 2 is 0.713 bits per heavy atom. The molecule has 2 aliphatic carbocycles. The van der Waals surface area contributed by atoms with Gasteiger partial charge in [0.05, 0.1) is 22.3 Å². The molecule has 0 fully saturated rings. The lowest BCUT2D eigenvalue weighted by atomic mass is 9.70. The van der Waals surface area contributed by atoms with Crippen molar-refractivity contribution in [2.75, 3.05) is 19.6 Å². The number of benzene rings is 17. The van der Waals surface area contributed by atoms with E-state index in [2.05, 4.69) is 409 Å². The molecule has 23 rings (SSSR count). The number of nitrogens with zero attached hydrogens (tertiary/aromatic N) is 6. The van der Waals surface area contributed by atoms with E-state index in [1.807, 2.05) is 24.5 Å². The summed E-state index contributed by atoms with van der Waals surface area (Å²) >= 11 is 0. The lowest BCUT2D eigenvalue weighted by Gasteiger charge is -2.44. The first kappa shape index (κ1) is 66.1. The van der Waals surface area contributed by atoms with E-state index in [1.54, 1.807) is 0 Å². The first-order chi connectivity index (χ1) is 56.8. The van der Waals surface area contributed by atoms with Crippen LogP contribution in [0.3, 0.4) is 0 Å². The molecule has 1 spiro atoms. The van der Waals surface area contributed by atoms with E-state index in [-0.39, 0.29) is 0 Å². The fraction of sp³-hybridized carbons (Fsp3) is 0.0280. The molecule has 0 radical (unpaired) electrons. The SMILES string of the molecule is C[Si]1(C)c2c(c3ccncc3c3cc(-c4cccc(N(c5ccccc5)c5ccccc5)c4)ccc23)N(c2ccc(N(c3ccccc3)c3ccc4c(c3)-c3ccccc3C43c4ccccc4-c4ccccc43)cc2)c2c1c1ccc(-c3cccc(N(c4ccccc4)c4ccc5oc6ccccc6c5c4)c3)cc1c1cccnc21. The van der Waals surface area contributed by atoms with Crippen molar-refractivity contribution in [3.05, 3.63) is 423 Å². The summed E-state index contributed by atoms with van der Waals surface area (Å²) in [5, 5.41) is 13.0. The van der Waals surface area contributed by atoms with Crippen molar-refractivity contribution in [1.29, 1.82) is 0 Å². The van der Waals surface area contributed by atoms with Crippen LogP contribution in [-0.4, -0.2) is 18.0 Å². The summed E-state index contributed by atoms with van der Waals surface area (Å²) in [4.78, 5) is 20.4. The van der Waals surface area contributed by atoms with Crippen molar-refractivity contribution in [1.82, 2.24) is 9.97 Å². The molecule has 0 N–H and O–H groups in total. The average Bonchev–Trinajstić information content (AvgIpc) is 1.62. The van der Waals surface area contributed by atoms with E-state index in [0.29, 0.717) is 0 Å². The Morgan fingerprint density at radius 3 is 1.30 bits per heavy atom. The van der Waals surface area contributed by atoms with Crippen molar-refractivity contribution >= 4 is 152 Å². The Morgan fingerprint density at radius 1 is 0.278 bits per heavy atom. The van der Waals surface area contributed by atoms with E-state index in [1.165, 1.54) is 82.1 Å². The number of anilines is 12. The molecule has 0 saturated carbocycles. The molecule has 1 aliphatic heterocycles. The number of rotatable bonds is 12. The number of pyridine rings is 2. The number of furan rings is 1. The van der Waals surface area contributed by atoms with Gasteiger partial charge in [-0.2, -0.15) is 0 Å². The minimum absolute atomic E-state index is 0.456. The maximum atomic E-state index is 6.38. The third kappa shape index (κ3) is 10.1. The lowest BCUT2D eigenvalue weighted by molar-refractivity contribution is 0.669. The zero-order valence-corrected chi connectivity index (χ0v) is 64.2. The molecule has 7 nitrogen and oxygen atoms in total. The molecular formula is C107H72N6OSi. The van der Waals surface area contributed by atoms with Gasteiger partial charge in [-0.05, 0) is 256 Å². The summed E-state index contributed by atoms with van der Waals surface area (Å²) in [6.07, 6.45) is 6.08. The zero-order valence-electron chi connectivity index (χ0n) is 63.2. The molecule has 0 amide bonds. The molecule has 17 aromatic carbocycles. The number of para-hydroxylation sites is 5. The molecule has 115 heavy (non-hydrogen) atoms. The fourth-order valence-corrected chi connectivity index (χ4v) is 23.5. The highest BCUT2D eigenvalue weighted by Crippen LogP contribution is 2.64. The van der Waals surface area contributed by atoms with Crippen LogP contribution in [0.5, 0.6) is 0 Å². The van der Waals surface area contributed by atoms with Gasteiger partial charge in [-0.1, -0.05) is 238 Å². The Kier molecular flexibility index (Phi) is 14.9. The van der Waals surface area contributed by atoms with Gasteiger partial charge in [0.1, 0.15) is 19.2 Å². The topological polar surface area (TPSA) is 51.9 Å². The Labute approximate surface area is 667 Å². The van der Waals surface area contributed by atoms with Crippen LogP contribution in [0.2, 0.25) is 13.1 Å². The summed E-state index contributed by atoms with van der Waals surface area (Å²) in [5.41, 5.74) is 30.0. The minimum Gasteiger partial charge on any atom is -0.456 e. The number of hydrogen-bond donors (Lipinski definition) is 0. The fourth-order valence-electron chi connectivity index (χ4n) is 19.8. The summed E-state index contributed by atoms with van der Waals surface area (Å²) in [6, 6.07) is 141. The van der Waals surface area contributed by atoms with Crippen LogP contribution in [0, 0.1) is 0 Å². The second-order valence-electron chi connectivity index (χ2n) is 31.1. The lowest BCUT2D eigenvalue weighted by Crippen LogP contribution is -2.59. The van der Waals surface area contributed by atoms with Gasteiger partial charge in [-0.15, -0.1) is 0 Å². The van der Waals surface area contributed by atoms with Crippen molar-refractivity contribution in [3.8, 4) is 44.5 Å². The molecule has 20 aromatic rings. The Balaban J connectivity index is 0.715. The monoisotopic (exact) mass is 1480 g/mol. The van der Waals surface area contributed by atoms with Crippen LogP contribution in [0.4, 0.5) is 68.2 Å². The summed E-state index contributed by atoms with van der Waals surface area (Å²) in [7, 11) is -2.93. The predicted molar refractivity (Wildman–Crippen MR) is 482 cm³/mol. The first-order valence-corrected chi connectivity index (χ1v) is 42.6. The standard InChI is InChI=1S/C107H72N6OSi/c1-115(2)105-90-56-48-72(69-26-23-36-79(62-69)110(73-28-7-3-8-29-73)74-30-9-4-10-31-74)65-92(90)95-68-108-61-59-88(95)103(105)113(78-51-49-77(50-52-78)111(75-32-11-5-12-33-75)81-53-57-99-93(66-81)85-40-17-21-45-98(85)107(99)96-43-19-15-38-83(96)84-39-16-20-44-97(84)107)104-102-87(42-25-60-109-102)91-64-71(47-55-89(91)106(104)115)70-27-24-37-80(63-70)112(76-34-13-6-14-35-76)82-54-58-101-94(67-82)86-41-18-22-46-100(86)114-101/h3-68H,1-2H3. The van der Waals surface area contributed by atoms with Crippen LogP contribution < -0.4 is 30.0 Å². The van der Waals surface area contributed by atoms with Gasteiger partial charge in [0.2, 0.25) is 0 Å². The van der Waals surface area contributed by atoms with Crippen LogP contribution in [0.15, 0.2) is 405 Å². The average molecular weight is 1490 g/mol. The van der Waals surface area contributed by atoms with Crippen molar-refractivity contribution in [2.24, 2.45) is 0 Å². The van der Waals surface area contributed by atoms with Crippen LogP contribution >= 0.6 is 0 Å². The summed E-state index contributed by atoms with van der Waals surface area (Å²) < 4.78 is 6.38. The maximum Gasteiger partial charge on any atom is 0.135 e. The van der Waals surface area contributed by atoms with Crippen molar-refractivity contribution < 1.29 is 4.42 Å². The highest BCUT2D eigenvalue weighted by atomic mass is 28.3. The zero-order chi connectivity index (χ0) is 76.0. The van der Waals surface area contributed by atoms with Gasteiger partial charge in [0, 0.05) is 102 Å². The number of aromatic nitrogens is 2. The van der Waals surface area contributed by atoms with E-state index in [4.69, 9.17) is 14.4 Å². The molecule has 8 heteroatoms. The van der Waals surface area contributed by atoms with Gasteiger partial charge in [0.25, 0.3) is 0 Å². The van der Waals surface area contributed by atoms with Gasteiger partial charge in [-0.25, -0.2) is 0 Å². The van der Waals surface area contributed by atoms with Gasteiger partial charge in [-0.3, -0.25) is 9.97 Å². The van der Waals surface area contributed by atoms with E-state index >= 15 is 0 Å². The van der Waals surface area contributed by atoms with E-state index in [9.17, 15) is 0 Å². The Bertz CT molecular complexity index is 7260. The predicted octanol–water partition coefficient (Wildman–Crippen LogP) is 27.7. The molecule has 0 bridgehead atoms. The maximum absolute atomic E-state index is 6.38. The molecule has 3 aromatic heterocycles. The van der Waals surface area contributed by atoms with E-state index < -0.39 is 13.5 Å². The number of fused-ring (bicyclic) bond motifs is 25. The number of hydrogen-bond acceptors (Lipinski definition) is 7. The smallest absolute Gasteiger partial charge is 0.135 e. The van der Waals surface area contributed by atoms with Crippen molar-refractivity contribution in [2.45, 2.75) is 18.5 Å². The molecule has 0 saturated heterocycles.